The molecule has 2 aliphatic rings. The highest BCUT2D eigenvalue weighted by atomic mass is 35.5. The highest BCUT2D eigenvalue weighted by Crippen LogP contribution is 2.58. The van der Waals surface area contributed by atoms with Gasteiger partial charge in [-0.1, -0.05) is 11.6 Å². The van der Waals surface area contributed by atoms with Crippen LogP contribution in [-0.2, 0) is 9.53 Å². The van der Waals surface area contributed by atoms with E-state index < -0.39 is 0 Å². The average molecular weight is 348 g/mol. The van der Waals surface area contributed by atoms with Crippen molar-refractivity contribution in [1.29, 1.82) is 0 Å². The average Bonchev–Trinajstić information content (AvgIpc) is 2.98. The number of amides is 1. The molecule has 24 heavy (non-hydrogen) atoms. The number of halogens is 1. The van der Waals surface area contributed by atoms with Crippen LogP contribution < -0.4 is 5.32 Å². The highest BCUT2D eigenvalue weighted by molar-refractivity contribution is 6.35. The van der Waals surface area contributed by atoms with E-state index in [2.05, 4.69) is 15.5 Å². The van der Waals surface area contributed by atoms with Crippen molar-refractivity contribution in [2.45, 2.75) is 31.7 Å². The van der Waals surface area contributed by atoms with Crippen molar-refractivity contribution in [1.82, 2.24) is 15.5 Å². The molecule has 1 spiro atoms. The molecule has 2 fully saturated rings. The molecule has 4 rings (SSSR count). The minimum atomic E-state index is -0.121. The van der Waals surface area contributed by atoms with Crippen molar-refractivity contribution < 1.29 is 14.3 Å². The van der Waals surface area contributed by atoms with Gasteiger partial charge in [0.1, 0.15) is 0 Å². The van der Waals surface area contributed by atoms with Crippen LogP contribution in [0.1, 0.15) is 36.0 Å². The number of methoxy groups -OCH3 is 1. The number of rotatable bonds is 3. The van der Waals surface area contributed by atoms with Crippen molar-refractivity contribution in [3.05, 3.63) is 28.9 Å². The molecular formula is C17H18ClN3O3. The van der Waals surface area contributed by atoms with Gasteiger partial charge in [-0.05, 0) is 43.2 Å². The summed E-state index contributed by atoms with van der Waals surface area (Å²) in [6.07, 6.45) is 5.21. The lowest BCUT2D eigenvalue weighted by atomic mass is 9.50. The van der Waals surface area contributed by atoms with Gasteiger partial charge in [0.15, 0.2) is 0 Å². The van der Waals surface area contributed by atoms with Gasteiger partial charge in [0.05, 0.1) is 35.3 Å². The number of nitrogens with zero attached hydrogens (tertiary/aromatic N) is 1. The second-order valence-corrected chi connectivity index (χ2v) is 7.37. The summed E-state index contributed by atoms with van der Waals surface area (Å²) in [5.74, 6) is -0.201. The summed E-state index contributed by atoms with van der Waals surface area (Å²) in [5, 5.41) is 11.2. The Kier molecular flexibility index (Phi) is 3.53. The summed E-state index contributed by atoms with van der Waals surface area (Å²) < 4.78 is 4.78. The quantitative estimate of drug-likeness (QED) is 0.836. The maximum Gasteiger partial charge on any atom is 0.308 e. The van der Waals surface area contributed by atoms with E-state index in [-0.39, 0.29) is 29.3 Å². The molecule has 1 aromatic heterocycles. The molecular weight excluding hydrogens is 330 g/mol. The number of ether oxygens (including phenoxy) is 1. The molecule has 0 radical (unpaired) electrons. The maximum atomic E-state index is 12.5. The second-order valence-electron chi connectivity index (χ2n) is 6.96. The number of nitrogens with one attached hydrogen (secondary N) is 2. The van der Waals surface area contributed by atoms with Gasteiger partial charge in [0.25, 0.3) is 5.91 Å². The van der Waals surface area contributed by atoms with Gasteiger partial charge >= 0.3 is 5.97 Å². The Hall–Kier alpha value is -2.08. The SMILES string of the molecule is COC(=O)C1CC2(CC(NC(=O)c3ccc(Cl)c4cn[nH]c34)C2)C1. The Balaban J connectivity index is 1.38. The monoisotopic (exact) mass is 347 g/mol. The first-order valence-electron chi connectivity index (χ1n) is 8.02. The van der Waals surface area contributed by atoms with Gasteiger partial charge in [0, 0.05) is 11.4 Å². The Labute approximate surface area is 143 Å². The van der Waals surface area contributed by atoms with E-state index in [9.17, 15) is 9.59 Å². The van der Waals surface area contributed by atoms with Crippen LogP contribution in [0.4, 0.5) is 0 Å². The van der Waals surface area contributed by atoms with Crippen LogP contribution in [0.3, 0.4) is 0 Å². The van der Waals surface area contributed by atoms with Crippen LogP contribution in [0.2, 0.25) is 5.02 Å². The minimum Gasteiger partial charge on any atom is -0.469 e. The number of aromatic amines is 1. The fourth-order valence-corrected chi connectivity index (χ4v) is 4.40. The normalized spacial score (nSPS) is 28.2. The zero-order valence-corrected chi connectivity index (χ0v) is 14.0. The molecule has 1 heterocycles. The van der Waals surface area contributed by atoms with Gasteiger partial charge in [-0.25, -0.2) is 0 Å². The third-order valence-electron chi connectivity index (χ3n) is 5.39. The van der Waals surface area contributed by atoms with E-state index >= 15 is 0 Å². The molecule has 0 aliphatic heterocycles. The molecule has 7 heteroatoms. The molecule has 2 saturated carbocycles. The van der Waals surface area contributed by atoms with Crippen molar-refractivity contribution in [2.24, 2.45) is 11.3 Å². The molecule has 0 atom stereocenters. The summed E-state index contributed by atoms with van der Waals surface area (Å²) in [5.41, 5.74) is 1.43. The fraction of sp³-hybridized carbons (Fsp3) is 0.471. The summed E-state index contributed by atoms with van der Waals surface area (Å²) in [6.45, 7) is 0. The largest absolute Gasteiger partial charge is 0.469 e. The molecule has 126 valence electrons. The number of aromatic nitrogens is 2. The molecule has 0 saturated heterocycles. The van der Waals surface area contributed by atoms with Crippen molar-refractivity contribution >= 4 is 34.4 Å². The first kappa shape index (κ1) is 15.4. The van der Waals surface area contributed by atoms with Crippen molar-refractivity contribution in [2.75, 3.05) is 7.11 Å². The van der Waals surface area contributed by atoms with E-state index in [1.54, 1.807) is 18.3 Å². The predicted molar refractivity (Wildman–Crippen MR) is 88.8 cm³/mol. The second kappa shape index (κ2) is 5.48. The predicted octanol–water partition coefficient (Wildman–Crippen LogP) is 2.68. The van der Waals surface area contributed by atoms with Gasteiger partial charge < -0.3 is 10.1 Å². The van der Waals surface area contributed by atoms with Crippen molar-refractivity contribution in [3.63, 3.8) is 0 Å². The summed E-state index contributed by atoms with van der Waals surface area (Å²) in [6, 6.07) is 3.58. The van der Waals surface area contributed by atoms with Gasteiger partial charge in [0.2, 0.25) is 0 Å². The van der Waals surface area contributed by atoms with Crippen LogP contribution in [-0.4, -0.2) is 35.2 Å². The van der Waals surface area contributed by atoms with Gasteiger partial charge in [-0.2, -0.15) is 5.10 Å². The first-order valence-corrected chi connectivity index (χ1v) is 8.39. The number of hydrogen-bond donors (Lipinski definition) is 2. The third kappa shape index (κ3) is 2.36. The lowest BCUT2D eigenvalue weighted by Crippen LogP contribution is -2.57. The zero-order valence-electron chi connectivity index (χ0n) is 13.3. The van der Waals surface area contributed by atoms with Gasteiger partial charge in [-0.15, -0.1) is 0 Å². The standard InChI is InChI=1S/C17H18ClN3O3/c1-24-16(23)9-4-17(5-9)6-10(7-17)20-15(22)11-2-3-13(18)12-8-19-21-14(11)12/h2-3,8-10H,4-7H2,1H3,(H,19,21)(H,20,22). The molecule has 1 amide bonds. The van der Waals surface area contributed by atoms with Crippen LogP contribution in [0.25, 0.3) is 10.9 Å². The lowest BCUT2D eigenvalue weighted by Gasteiger charge is -2.56. The molecule has 2 aromatic rings. The lowest BCUT2D eigenvalue weighted by molar-refractivity contribution is -0.159. The summed E-state index contributed by atoms with van der Waals surface area (Å²) in [7, 11) is 1.43. The molecule has 0 bridgehead atoms. The number of hydrogen-bond acceptors (Lipinski definition) is 4. The summed E-state index contributed by atoms with van der Waals surface area (Å²) in [4.78, 5) is 24.0. The number of carbonyl (C=O) groups excluding carboxylic acids is 2. The Morgan fingerprint density at radius 2 is 2.08 bits per heavy atom. The maximum absolute atomic E-state index is 12.5. The van der Waals surface area contributed by atoms with Crippen LogP contribution in [0.5, 0.6) is 0 Å². The zero-order chi connectivity index (χ0) is 16.9. The van der Waals surface area contributed by atoms with Crippen molar-refractivity contribution in [3.8, 4) is 0 Å². The van der Waals surface area contributed by atoms with E-state index in [0.717, 1.165) is 31.1 Å². The van der Waals surface area contributed by atoms with Crippen LogP contribution >= 0.6 is 11.6 Å². The fourth-order valence-electron chi connectivity index (χ4n) is 4.19. The third-order valence-corrected chi connectivity index (χ3v) is 5.72. The Morgan fingerprint density at radius 1 is 1.33 bits per heavy atom. The minimum absolute atomic E-state index is 0.0348. The number of benzene rings is 1. The molecule has 2 aliphatic carbocycles. The Bertz CT molecular complexity index is 818. The van der Waals surface area contributed by atoms with E-state index in [1.807, 2.05) is 0 Å². The number of H-pyrrole nitrogens is 1. The van der Waals surface area contributed by atoms with E-state index in [4.69, 9.17) is 16.3 Å². The molecule has 6 nitrogen and oxygen atoms in total. The number of fused-ring (bicyclic) bond motifs is 1. The Morgan fingerprint density at radius 3 is 2.79 bits per heavy atom. The first-order chi connectivity index (χ1) is 11.5. The molecule has 0 unspecified atom stereocenters. The van der Waals surface area contributed by atoms with Gasteiger partial charge in [-0.3, -0.25) is 14.7 Å². The van der Waals surface area contributed by atoms with Crippen LogP contribution in [0.15, 0.2) is 18.3 Å². The number of carbonyl (C=O) groups is 2. The smallest absolute Gasteiger partial charge is 0.308 e. The molecule has 2 N–H and O–H groups in total. The van der Waals surface area contributed by atoms with Crippen LogP contribution in [0, 0.1) is 11.3 Å². The van der Waals surface area contributed by atoms with E-state index in [0.29, 0.717) is 16.1 Å². The highest BCUT2D eigenvalue weighted by Gasteiger charge is 2.55. The molecule has 1 aromatic carbocycles. The van der Waals surface area contributed by atoms with E-state index in [1.165, 1.54) is 7.11 Å². The summed E-state index contributed by atoms with van der Waals surface area (Å²) >= 11 is 6.10. The number of esters is 1. The topological polar surface area (TPSA) is 84.1 Å².